The number of aryl methyl sites for hydroxylation is 1. The molecule has 0 saturated carbocycles. The van der Waals surface area contributed by atoms with Crippen LogP contribution in [0.15, 0.2) is 41.2 Å². The van der Waals surface area contributed by atoms with Gasteiger partial charge < -0.3 is 14.8 Å². The molecule has 1 amide bonds. The Balaban J connectivity index is 1.62. The van der Waals surface area contributed by atoms with Crippen molar-refractivity contribution < 1.29 is 22.7 Å². The Bertz CT molecular complexity index is 1350. The van der Waals surface area contributed by atoms with Crippen LogP contribution < -0.4 is 24.0 Å². The standard InChI is InChI=1S/C21H23N3O6S2/c1-4-23-16-7-5-14(11-19(16)31-21(23)26)22-20(25)13(2)24(32(3,27)28)15-6-8-17-18(12-15)30-10-9-29-17/h5-8,11-13H,4,9-10H2,1-3H3,(H,22,25)/t13-/m0/s1. The summed E-state index contributed by atoms with van der Waals surface area (Å²) in [5.41, 5.74) is 1.57. The average molecular weight is 478 g/mol. The molecule has 3 aromatic rings. The second-order valence-electron chi connectivity index (χ2n) is 7.35. The monoisotopic (exact) mass is 477 g/mol. The molecule has 0 radical (unpaired) electrons. The summed E-state index contributed by atoms with van der Waals surface area (Å²) in [6.07, 6.45) is 1.05. The van der Waals surface area contributed by atoms with Crippen LogP contribution >= 0.6 is 11.3 Å². The van der Waals surface area contributed by atoms with Gasteiger partial charge in [0.15, 0.2) is 11.5 Å². The number of carbonyl (C=O) groups is 1. The number of hydrogen-bond donors (Lipinski definition) is 1. The van der Waals surface area contributed by atoms with Crippen LogP contribution in [0.1, 0.15) is 13.8 Å². The first-order valence-electron chi connectivity index (χ1n) is 10.0. The largest absolute Gasteiger partial charge is 0.486 e. The zero-order valence-electron chi connectivity index (χ0n) is 17.8. The lowest BCUT2D eigenvalue weighted by molar-refractivity contribution is -0.116. The molecule has 2 heterocycles. The van der Waals surface area contributed by atoms with Gasteiger partial charge in [-0.15, -0.1) is 0 Å². The van der Waals surface area contributed by atoms with Gasteiger partial charge >= 0.3 is 4.87 Å². The van der Waals surface area contributed by atoms with Gasteiger partial charge in [0.05, 0.1) is 22.2 Å². The second-order valence-corrected chi connectivity index (χ2v) is 10.2. The van der Waals surface area contributed by atoms with E-state index in [-0.39, 0.29) is 4.87 Å². The van der Waals surface area contributed by atoms with Crippen molar-refractivity contribution in [2.24, 2.45) is 0 Å². The Morgan fingerprint density at radius 3 is 2.59 bits per heavy atom. The van der Waals surface area contributed by atoms with Crippen LogP contribution in [-0.4, -0.2) is 44.4 Å². The fraction of sp³-hybridized carbons (Fsp3) is 0.333. The molecule has 0 unspecified atom stereocenters. The summed E-state index contributed by atoms with van der Waals surface area (Å²) >= 11 is 1.10. The van der Waals surface area contributed by atoms with Gasteiger partial charge in [-0.05, 0) is 44.2 Å². The molecular formula is C21H23N3O6S2. The lowest BCUT2D eigenvalue weighted by Gasteiger charge is -2.29. The first-order chi connectivity index (χ1) is 15.2. The summed E-state index contributed by atoms with van der Waals surface area (Å²) in [4.78, 5) is 25.0. The third-order valence-corrected chi connectivity index (χ3v) is 7.30. The molecule has 0 bridgehead atoms. The van der Waals surface area contributed by atoms with Crippen molar-refractivity contribution in [3.63, 3.8) is 0 Å². The first-order valence-corrected chi connectivity index (χ1v) is 12.7. The summed E-state index contributed by atoms with van der Waals surface area (Å²) in [5.74, 6) is 0.444. The number of benzene rings is 2. The number of fused-ring (bicyclic) bond motifs is 2. The Morgan fingerprint density at radius 2 is 1.91 bits per heavy atom. The highest BCUT2D eigenvalue weighted by molar-refractivity contribution is 7.92. The summed E-state index contributed by atoms with van der Waals surface area (Å²) in [6.45, 7) is 4.74. The molecule has 32 heavy (non-hydrogen) atoms. The van der Waals surface area contributed by atoms with Gasteiger partial charge in [-0.3, -0.25) is 18.5 Å². The maximum Gasteiger partial charge on any atom is 0.308 e. The zero-order chi connectivity index (χ0) is 23.0. The number of ether oxygens (including phenoxy) is 2. The first kappa shape index (κ1) is 22.2. The van der Waals surface area contributed by atoms with Crippen molar-refractivity contribution in [2.75, 3.05) is 29.1 Å². The van der Waals surface area contributed by atoms with Crippen LogP contribution in [0, 0.1) is 0 Å². The zero-order valence-corrected chi connectivity index (χ0v) is 19.5. The number of nitrogens with zero attached hydrogens (tertiary/aromatic N) is 2. The van der Waals surface area contributed by atoms with Crippen LogP contribution in [0.25, 0.3) is 10.2 Å². The van der Waals surface area contributed by atoms with E-state index in [0.29, 0.717) is 42.6 Å². The number of rotatable bonds is 6. The fourth-order valence-corrected chi connectivity index (χ4v) is 5.83. The highest BCUT2D eigenvalue weighted by Gasteiger charge is 2.30. The predicted octanol–water partition coefficient (Wildman–Crippen LogP) is 2.65. The van der Waals surface area contributed by atoms with Crippen molar-refractivity contribution in [1.29, 1.82) is 0 Å². The number of anilines is 2. The molecule has 170 valence electrons. The molecule has 11 heteroatoms. The van der Waals surface area contributed by atoms with Gasteiger partial charge in [0.25, 0.3) is 0 Å². The van der Waals surface area contributed by atoms with E-state index in [2.05, 4.69) is 5.32 Å². The Morgan fingerprint density at radius 1 is 1.19 bits per heavy atom. The summed E-state index contributed by atoms with van der Waals surface area (Å²) in [7, 11) is -3.79. The number of sulfonamides is 1. The van der Waals surface area contributed by atoms with Crippen molar-refractivity contribution in [2.45, 2.75) is 26.4 Å². The molecule has 2 aromatic carbocycles. The van der Waals surface area contributed by atoms with Crippen LogP contribution in [0.3, 0.4) is 0 Å². The van der Waals surface area contributed by atoms with E-state index in [9.17, 15) is 18.0 Å². The van der Waals surface area contributed by atoms with Crippen molar-refractivity contribution in [3.8, 4) is 11.5 Å². The van der Waals surface area contributed by atoms with E-state index >= 15 is 0 Å². The minimum atomic E-state index is -3.79. The third-order valence-electron chi connectivity index (χ3n) is 5.12. The minimum absolute atomic E-state index is 0.0683. The molecule has 0 aliphatic carbocycles. The molecule has 1 aliphatic heterocycles. The van der Waals surface area contributed by atoms with Gasteiger partial charge in [-0.2, -0.15) is 0 Å². The maximum atomic E-state index is 13.0. The predicted molar refractivity (Wildman–Crippen MR) is 125 cm³/mol. The Kier molecular flexibility index (Phi) is 5.87. The van der Waals surface area contributed by atoms with E-state index in [1.165, 1.54) is 6.92 Å². The minimum Gasteiger partial charge on any atom is -0.486 e. The third kappa shape index (κ3) is 4.17. The molecule has 0 spiro atoms. The van der Waals surface area contributed by atoms with E-state index in [4.69, 9.17) is 9.47 Å². The summed E-state index contributed by atoms with van der Waals surface area (Å²) in [5, 5.41) is 2.76. The molecule has 9 nitrogen and oxygen atoms in total. The van der Waals surface area contributed by atoms with Gasteiger partial charge in [-0.1, -0.05) is 11.3 Å². The quantitative estimate of drug-likeness (QED) is 0.585. The van der Waals surface area contributed by atoms with Gasteiger partial charge in [0, 0.05) is 18.3 Å². The smallest absolute Gasteiger partial charge is 0.308 e. The van der Waals surface area contributed by atoms with Crippen LogP contribution in [0.2, 0.25) is 0 Å². The fourth-order valence-electron chi connectivity index (χ4n) is 3.67. The topological polar surface area (TPSA) is 107 Å². The number of amides is 1. The van der Waals surface area contributed by atoms with Gasteiger partial charge in [-0.25, -0.2) is 8.42 Å². The van der Waals surface area contributed by atoms with Crippen molar-refractivity contribution in [3.05, 3.63) is 46.1 Å². The van der Waals surface area contributed by atoms with Crippen LogP contribution in [0.4, 0.5) is 11.4 Å². The van der Waals surface area contributed by atoms with E-state index in [1.807, 2.05) is 6.92 Å². The number of nitrogens with one attached hydrogen (secondary N) is 1. The normalized spacial score (nSPS) is 14.2. The molecule has 1 aromatic heterocycles. The second kappa shape index (κ2) is 8.47. The maximum absolute atomic E-state index is 13.0. The molecule has 1 atom stereocenters. The SMILES string of the molecule is CCn1c(=O)sc2cc(NC(=O)[C@H](C)N(c3ccc4c(c3)OCCO4)S(C)(=O)=O)ccc21. The number of thiazole rings is 1. The number of carbonyl (C=O) groups excluding carboxylic acids is 1. The van der Waals surface area contributed by atoms with Crippen molar-refractivity contribution >= 4 is 48.9 Å². The molecule has 0 saturated heterocycles. The Hall–Kier alpha value is -3.05. The molecule has 4 rings (SSSR count). The van der Waals surface area contributed by atoms with E-state index < -0.39 is 22.0 Å². The summed E-state index contributed by atoms with van der Waals surface area (Å²) in [6, 6.07) is 8.90. The van der Waals surface area contributed by atoms with Gasteiger partial charge in [0.2, 0.25) is 15.9 Å². The van der Waals surface area contributed by atoms with Crippen molar-refractivity contribution in [1.82, 2.24) is 4.57 Å². The molecular weight excluding hydrogens is 454 g/mol. The Labute approximate surface area is 189 Å². The lowest BCUT2D eigenvalue weighted by Crippen LogP contribution is -2.45. The number of aromatic nitrogens is 1. The molecule has 1 aliphatic rings. The lowest BCUT2D eigenvalue weighted by atomic mass is 10.2. The van der Waals surface area contributed by atoms with Gasteiger partial charge in [0.1, 0.15) is 19.3 Å². The van der Waals surface area contributed by atoms with Crippen LogP contribution in [-0.2, 0) is 21.4 Å². The number of hydrogen-bond acceptors (Lipinski definition) is 7. The highest BCUT2D eigenvalue weighted by Crippen LogP contribution is 2.35. The highest BCUT2D eigenvalue weighted by atomic mass is 32.2. The molecule has 1 N–H and O–H groups in total. The van der Waals surface area contributed by atoms with E-state index in [0.717, 1.165) is 32.1 Å². The average Bonchev–Trinajstić information content (AvgIpc) is 3.06. The summed E-state index contributed by atoms with van der Waals surface area (Å²) < 4.78 is 39.7. The molecule has 0 fully saturated rings. The van der Waals surface area contributed by atoms with E-state index in [1.54, 1.807) is 41.0 Å². The van der Waals surface area contributed by atoms with Crippen LogP contribution in [0.5, 0.6) is 11.5 Å².